The quantitative estimate of drug-likeness (QED) is 0.540. The molecule has 0 unspecified atom stereocenters. The van der Waals surface area contributed by atoms with E-state index < -0.39 is 5.97 Å². The van der Waals surface area contributed by atoms with Crippen molar-refractivity contribution in [2.24, 2.45) is 0 Å². The van der Waals surface area contributed by atoms with Gasteiger partial charge in [-0.2, -0.15) is 0 Å². The SMILES string of the molecule is Cc1cc(C(=O)COC(=O)CN2CCSC2=O)c(C)n1Cc1ccccc1. The first kappa shape index (κ1) is 19.2. The van der Waals surface area contributed by atoms with Crippen LogP contribution in [0.3, 0.4) is 0 Å². The van der Waals surface area contributed by atoms with Gasteiger partial charge in [0, 0.05) is 35.8 Å². The molecule has 0 saturated carbocycles. The van der Waals surface area contributed by atoms with E-state index in [4.69, 9.17) is 4.74 Å². The summed E-state index contributed by atoms with van der Waals surface area (Å²) in [6.07, 6.45) is 0. The van der Waals surface area contributed by atoms with Crippen LogP contribution < -0.4 is 0 Å². The molecule has 0 atom stereocenters. The zero-order valence-corrected chi connectivity index (χ0v) is 16.3. The average Bonchev–Trinajstić information content (AvgIpc) is 3.18. The molecule has 2 heterocycles. The molecule has 0 radical (unpaired) electrons. The molecule has 1 aromatic carbocycles. The highest BCUT2D eigenvalue weighted by molar-refractivity contribution is 8.13. The van der Waals surface area contributed by atoms with Gasteiger partial charge in [-0.1, -0.05) is 42.1 Å². The summed E-state index contributed by atoms with van der Waals surface area (Å²) < 4.78 is 7.16. The Morgan fingerprint density at radius 3 is 2.59 bits per heavy atom. The molecule has 1 fully saturated rings. The predicted molar refractivity (Wildman–Crippen MR) is 104 cm³/mol. The molecule has 142 valence electrons. The van der Waals surface area contributed by atoms with Crippen molar-refractivity contribution in [3.05, 3.63) is 58.9 Å². The number of ketones is 1. The Labute approximate surface area is 162 Å². The van der Waals surface area contributed by atoms with Crippen LogP contribution in [0, 0.1) is 13.8 Å². The molecule has 0 aliphatic carbocycles. The van der Waals surface area contributed by atoms with E-state index in [-0.39, 0.29) is 24.2 Å². The summed E-state index contributed by atoms with van der Waals surface area (Å²) in [5.41, 5.74) is 3.54. The van der Waals surface area contributed by atoms with Crippen molar-refractivity contribution in [1.82, 2.24) is 9.47 Å². The number of benzene rings is 1. The number of nitrogens with zero attached hydrogens (tertiary/aromatic N) is 2. The number of carbonyl (C=O) groups is 3. The first-order chi connectivity index (χ1) is 13.0. The molecule has 0 N–H and O–H groups in total. The minimum atomic E-state index is -0.558. The van der Waals surface area contributed by atoms with Crippen molar-refractivity contribution < 1.29 is 19.1 Å². The zero-order valence-electron chi connectivity index (χ0n) is 15.4. The van der Waals surface area contributed by atoms with Crippen LogP contribution in [0.15, 0.2) is 36.4 Å². The molecule has 1 aliphatic heterocycles. The summed E-state index contributed by atoms with van der Waals surface area (Å²) in [6, 6.07) is 11.9. The fraction of sp³-hybridized carbons (Fsp3) is 0.350. The Morgan fingerprint density at radius 2 is 1.93 bits per heavy atom. The maximum Gasteiger partial charge on any atom is 0.326 e. The number of carbonyl (C=O) groups excluding carboxylic acids is 3. The number of esters is 1. The van der Waals surface area contributed by atoms with Crippen LogP contribution in [0.5, 0.6) is 0 Å². The Balaban J connectivity index is 1.60. The lowest BCUT2D eigenvalue weighted by molar-refractivity contribution is -0.142. The van der Waals surface area contributed by atoms with Gasteiger partial charge in [-0.05, 0) is 25.5 Å². The van der Waals surface area contributed by atoms with Crippen LogP contribution in [-0.4, -0.2) is 51.9 Å². The molecule has 1 aliphatic rings. The third-order valence-electron chi connectivity index (χ3n) is 4.59. The van der Waals surface area contributed by atoms with Gasteiger partial charge in [-0.15, -0.1) is 0 Å². The molecule has 7 heteroatoms. The van der Waals surface area contributed by atoms with E-state index >= 15 is 0 Å². The monoisotopic (exact) mass is 386 g/mol. The second-order valence-electron chi connectivity index (χ2n) is 6.48. The van der Waals surface area contributed by atoms with Crippen LogP contribution in [0.4, 0.5) is 4.79 Å². The first-order valence-electron chi connectivity index (χ1n) is 8.77. The first-order valence-corrected chi connectivity index (χ1v) is 9.75. The molecule has 1 aromatic heterocycles. The van der Waals surface area contributed by atoms with Crippen molar-refractivity contribution in [2.75, 3.05) is 25.4 Å². The molecule has 1 amide bonds. The van der Waals surface area contributed by atoms with Gasteiger partial charge in [-0.25, -0.2) is 0 Å². The van der Waals surface area contributed by atoms with Crippen LogP contribution in [0.1, 0.15) is 27.3 Å². The van der Waals surface area contributed by atoms with Gasteiger partial charge >= 0.3 is 5.97 Å². The maximum absolute atomic E-state index is 12.5. The van der Waals surface area contributed by atoms with E-state index in [1.165, 1.54) is 16.7 Å². The second-order valence-corrected chi connectivity index (χ2v) is 7.52. The standard InChI is InChI=1S/C20H22N2O4S/c1-14-10-17(15(2)22(14)11-16-6-4-3-5-7-16)18(23)13-26-19(24)12-21-8-9-27-20(21)25/h3-7,10H,8-9,11-13H2,1-2H3. The number of hydrogen-bond donors (Lipinski definition) is 0. The lowest BCUT2D eigenvalue weighted by Crippen LogP contribution is -2.31. The molecule has 6 nitrogen and oxygen atoms in total. The summed E-state index contributed by atoms with van der Waals surface area (Å²) in [6.45, 7) is 4.64. The third-order valence-corrected chi connectivity index (χ3v) is 5.48. The molecule has 0 bridgehead atoms. The van der Waals surface area contributed by atoms with E-state index in [0.717, 1.165) is 17.0 Å². The van der Waals surface area contributed by atoms with Crippen molar-refractivity contribution in [2.45, 2.75) is 20.4 Å². The summed E-state index contributed by atoms with van der Waals surface area (Å²) >= 11 is 1.19. The van der Waals surface area contributed by atoms with Crippen molar-refractivity contribution in [3.63, 3.8) is 0 Å². The Hall–Kier alpha value is -2.54. The molecule has 1 saturated heterocycles. The Kier molecular flexibility index (Phi) is 6.01. The number of aryl methyl sites for hydroxylation is 1. The molecule has 0 spiro atoms. The lowest BCUT2D eigenvalue weighted by atomic mass is 10.1. The molecule has 2 aromatic rings. The second kappa shape index (κ2) is 8.43. The van der Waals surface area contributed by atoms with Gasteiger partial charge in [0.05, 0.1) is 0 Å². The molecular weight excluding hydrogens is 364 g/mol. The van der Waals surface area contributed by atoms with Crippen molar-refractivity contribution >= 4 is 28.8 Å². The van der Waals surface area contributed by atoms with Gasteiger partial charge in [0.25, 0.3) is 5.24 Å². The van der Waals surface area contributed by atoms with E-state index in [1.807, 2.05) is 50.2 Å². The Morgan fingerprint density at radius 1 is 1.19 bits per heavy atom. The molecule has 27 heavy (non-hydrogen) atoms. The molecular formula is C20H22N2O4S. The summed E-state index contributed by atoms with van der Waals surface area (Å²) in [7, 11) is 0. The number of amides is 1. The van der Waals surface area contributed by atoms with E-state index in [9.17, 15) is 14.4 Å². The minimum Gasteiger partial charge on any atom is -0.456 e. The largest absolute Gasteiger partial charge is 0.456 e. The van der Waals surface area contributed by atoms with Crippen LogP contribution in [-0.2, 0) is 16.1 Å². The summed E-state index contributed by atoms with van der Waals surface area (Å²) in [4.78, 5) is 37.4. The topological polar surface area (TPSA) is 68.6 Å². The molecule has 3 rings (SSSR count). The highest BCUT2D eigenvalue weighted by Gasteiger charge is 2.24. The van der Waals surface area contributed by atoms with Gasteiger partial charge in [0.1, 0.15) is 6.54 Å². The van der Waals surface area contributed by atoms with E-state index in [1.54, 1.807) is 0 Å². The highest BCUT2D eigenvalue weighted by Crippen LogP contribution is 2.19. The number of hydrogen-bond acceptors (Lipinski definition) is 5. The van der Waals surface area contributed by atoms with Crippen molar-refractivity contribution in [3.8, 4) is 0 Å². The number of Topliss-reactive ketones (excluding diaryl/α,β-unsaturated/α-hetero) is 1. The number of rotatable bonds is 7. The Bertz CT molecular complexity index is 860. The van der Waals surface area contributed by atoms with E-state index in [2.05, 4.69) is 4.57 Å². The highest BCUT2D eigenvalue weighted by atomic mass is 32.2. The van der Waals surface area contributed by atoms with Gasteiger partial charge in [0.15, 0.2) is 6.61 Å². The van der Waals surface area contributed by atoms with Crippen LogP contribution in [0.2, 0.25) is 0 Å². The number of thioether (sulfide) groups is 1. The lowest BCUT2D eigenvalue weighted by Gasteiger charge is -2.13. The average molecular weight is 386 g/mol. The van der Waals surface area contributed by atoms with Gasteiger partial charge < -0.3 is 14.2 Å². The summed E-state index contributed by atoms with van der Waals surface area (Å²) in [5.74, 6) is -0.117. The minimum absolute atomic E-state index is 0.105. The van der Waals surface area contributed by atoms with Gasteiger partial charge in [-0.3, -0.25) is 14.4 Å². The van der Waals surface area contributed by atoms with Crippen molar-refractivity contribution in [1.29, 1.82) is 0 Å². The van der Waals surface area contributed by atoms with E-state index in [0.29, 0.717) is 24.4 Å². The third kappa shape index (κ3) is 4.60. The smallest absolute Gasteiger partial charge is 0.326 e. The summed E-state index contributed by atoms with van der Waals surface area (Å²) in [5, 5.41) is -0.122. The fourth-order valence-electron chi connectivity index (χ4n) is 3.09. The fourth-order valence-corrected chi connectivity index (χ4v) is 3.91. The van der Waals surface area contributed by atoms with Gasteiger partial charge in [0.2, 0.25) is 5.78 Å². The number of aromatic nitrogens is 1. The van der Waals surface area contributed by atoms with Crippen LogP contribution >= 0.6 is 11.8 Å². The maximum atomic E-state index is 12.5. The normalized spacial score (nSPS) is 13.9. The van der Waals surface area contributed by atoms with Crippen LogP contribution in [0.25, 0.3) is 0 Å². The predicted octanol–water partition coefficient (Wildman–Crippen LogP) is 3.05. The zero-order chi connectivity index (χ0) is 19.4. The number of ether oxygens (including phenoxy) is 1.